The standard InChI is InChI=1S/C34H33F2N7O4/c1-19-31(34(47)37-12-15-43-13-2-3-14-43)42-32(39-19)25-11-10-23(26-18-38-33(46)30(25)26)24-9-8-22(16-27(24)36)41-29(45)17-28(44)40-21-6-4-20(35)5-7-21/h4-11,16H,2-3,12-15,17-18H2,1H3,(H,37,47)(H,38,46)(H,39,42)(H,40,44)(H,41,45). The van der Waals surface area contributed by atoms with Crippen LogP contribution >= 0.6 is 0 Å². The molecule has 2 aliphatic rings. The van der Waals surface area contributed by atoms with Gasteiger partial charge in [-0.15, -0.1) is 0 Å². The fourth-order valence-corrected chi connectivity index (χ4v) is 5.92. The average molecular weight is 642 g/mol. The first-order chi connectivity index (χ1) is 22.7. The van der Waals surface area contributed by atoms with Gasteiger partial charge in [-0.05, 0) is 92.5 Å². The summed E-state index contributed by atoms with van der Waals surface area (Å²) in [6.07, 6.45) is 1.82. The van der Waals surface area contributed by atoms with Crippen molar-refractivity contribution in [1.29, 1.82) is 0 Å². The minimum Gasteiger partial charge on any atom is -0.349 e. The highest BCUT2D eigenvalue weighted by Gasteiger charge is 2.29. The SMILES string of the molecule is Cc1[nH]c(-c2ccc(-c3ccc(NC(=O)CC(=O)Nc4ccc(F)cc4)cc3F)c3c2C(=O)NC3)nc1C(=O)NCCN1CCCC1. The largest absolute Gasteiger partial charge is 0.349 e. The molecule has 0 spiro atoms. The molecule has 4 aromatic rings. The first-order valence-corrected chi connectivity index (χ1v) is 15.3. The lowest BCUT2D eigenvalue weighted by Crippen LogP contribution is -2.33. The van der Waals surface area contributed by atoms with E-state index in [0.717, 1.165) is 25.7 Å². The van der Waals surface area contributed by atoms with Crippen molar-refractivity contribution in [3.05, 3.63) is 88.7 Å². The van der Waals surface area contributed by atoms with Crippen LogP contribution < -0.4 is 21.3 Å². The first kappa shape index (κ1) is 31.5. The van der Waals surface area contributed by atoms with Crippen LogP contribution in [0.5, 0.6) is 0 Å². The maximum atomic E-state index is 15.5. The molecule has 0 aliphatic carbocycles. The van der Waals surface area contributed by atoms with Gasteiger partial charge in [0.15, 0.2) is 0 Å². The Kier molecular flexibility index (Phi) is 9.07. The third kappa shape index (κ3) is 7.04. The number of hydrogen-bond donors (Lipinski definition) is 5. The monoisotopic (exact) mass is 641 g/mol. The Hall–Kier alpha value is -5.43. The van der Waals surface area contributed by atoms with Gasteiger partial charge in [0, 0.05) is 47.8 Å². The molecule has 1 aromatic heterocycles. The molecule has 5 N–H and O–H groups in total. The quantitative estimate of drug-likeness (QED) is 0.163. The van der Waals surface area contributed by atoms with Crippen molar-refractivity contribution in [2.45, 2.75) is 32.7 Å². The number of aromatic amines is 1. The molecule has 0 saturated carbocycles. The molecule has 0 bridgehead atoms. The number of halogens is 2. The van der Waals surface area contributed by atoms with Crippen LogP contribution in [0.2, 0.25) is 0 Å². The Labute approximate surface area is 269 Å². The van der Waals surface area contributed by atoms with E-state index in [1.165, 1.54) is 49.2 Å². The lowest BCUT2D eigenvalue weighted by Gasteiger charge is -2.14. The Balaban J connectivity index is 1.16. The second-order valence-corrected chi connectivity index (χ2v) is 11.5. The molecule has 11 nitrogen and oxygen atoms in total. The first-order valence-electron chi connectivity index (χ1n) is 15.3. The molecule has 2 aliphatic heterocycles. The summed E-state index contributed by atoms with van der Waals surface area (Å²) in [7, 11) is 0. The maximum Gasteiger partial charge on any atom is 0.271 e. The number of nitrogens with one attached hydrogen (secondary N) is 5. The van der Waals surface area contributed by atoms with Gasteiger partial charge < -0.3 is 31.2 Å². The van der Waals surface area contributed by atoms with Gasteiger partial charge in [-0.1, -0.05) is 6.07 Å². The molecule has 242 valence electrons. The van der Waals surface area contributed by atoms with Crippen molar-refractivity contribution in [3.63, 3.8) is 0 Å². The summed E-state index contributed by atoms with van der Waals surface area (Å²) < 4.78 is 28.6. The van der Waals surface area contributed by atoms with Crippen LogP contribution in [0.25, 0.3) is 22.5 Å². The summed E-state index contributed by atoms with van der Waals surface area (Å²) in [5.41, 5.74) is 3.38. The minimum absolute atomic E-state index is 0.144. The Morgan fingerprint density at radius 3 is 2.28 bits per heavy atom. The molecule has 0 atom stereocenters. The third-order valence-corrected chi connectivity index (χ3v) is 8.22. The molecule has 0 unspecified atom stereocenters. The lowest BCUT2D eigenvalue weighted by atomic mass is 9.92. The number of likely N-dealkylation sites (tertiary alicyclic amines) is 1. The molecule has 6 rings (SSSR count). The van der Waals surface area contributed by atoms with Crippen LogP contribution in [0.3, 0.4) is 0 Å². The van der Waals surface area contributed by atoms with Crippen LogP contribution in [-0.4, -0.2) is 64.7 Å². The summed E-state index contributed by atoms with van der Waals surface area (Å²) in [5, 5.41) is 10.7. The van der Waals surface area contributed by atoms with Crippen molar-refractivity contribution in [1.82, 2.24) is 25.5 Å². The van der Waals surface area contributed by atoms with Crippen molar-refractivity contribution in [3.8, 4) is 22.5 Å². The van der Waals surface area contributed by atoms with Gasteiger partial charge in [-0.25, -0.2) is 13.8 Å². The molecule has 47 heavy (non-hydrogen) atoms. The second kappa shape index (κ2) is 13.5. The Morgan fingerprint density at radius 2 is 1.55 bits per heavy atom. The fraction of sp³-hybridized carbons (Fsp3) is 0.265. The molecule has 3 aromatic carbocycles. The normalized spacial score (nSPS) is 14.1. The van der Waals surface area contributed by atoms with Crippen molar-refractivity contribution >= 4 is 35.0 Å². The number of nitrogens with zero attached hydrogens (tertiary/aromatic N) is 2. The number of fused-ring (bicyclic) bond motifs is 1. The number of aryl methyl sites for hydroxylation is 1. The number of benzene rings is 3. The Bertz CT molecular complexity index is 1870. The number of imidazole rings is 1. The zero-order chi connectivity index (χ0) is 33.1. The number of carbonyl (C=O) groups is 4. The summed E-state index contributed by atoms with van der Waals surface area (Å²) in [6, 6.07) is 12.6. The summed E-state index contributed by atoms with van der Waals surface area (Å²) in [5.74, 6) is -2.67. The van der Waals surface area contributed by atoms with E-state index in [1.54, 1.807) is 19.1 Å². The van der Waals surface area contributed by atoms with E-state index in [0.29, 0.717) is 46.0 Å². The molecular weight excluding hydrogens is 608 g/mol. The van der Waals surface area contributed by atoms with Gasteiger partial charge >= 0.3 is 0 Å². The van der Waals surface area contributed by atoms with E-state index in [9.17, 15) is 23.6 Å². The van der Waals surface area contributed by atoms with Crippen LogP contribution in [0.1, 0.15) is 51.4 Å². The maximum absolute atomic E-state index is 15.5. The summed E-state index contributed by atoms with van der Waals surface area (Å²) in [6.45, 7) is 5.27. The van der Waals surface area contributed by atoms with Crippen LogP contribution in [-0.2, 0) is 16.1 Å². The topological polar surface area (TPSA) is 148 Å². The molecule has 3 heterocycles. The third-order valence-electron chi connectivity index (χ3n) is 8.22. The molecule has 1 fully saturated rings. The second-order valence-electron chi connectivity index (χ2n) is 11.5. The van der Waals surface area contributed by atoms with Crippen molar-refractivity contribution in [2.24, 2.45) is 0 Å². The van der Waals surface area contributed by atoms with E-state index < -0.39 is 29.9 Å². The molecule has 13 heteroatoms. The number of anilines is 2. The highest BCUT2D eigenvalue weighted by Crippen LogP contribution is 2.37. The van der Waals surface area contributed by atoms with Crippen molar-refractivity contribution in [2.75, 3.05) is 36.8 Å². The predicted octanol–water partition coefficient (Wildman–Crippen LogP) is 4.37. The van der Waals surface area contributed by atoms with Gasteiger partial charge in [-0.3, -0.25) is 19.2 Å². The highest BCUT2D eigenvalue weighted by molar-refractivity contribution is 6.08. The number of carbonyl (C=O) groups excluding carboxylic acids is 4. The number of H-pyrrole nitrogens is 1. The number of aromatic nitrogens is 2. The highest BCUT2D eigenvalue weighted by atomic mass is 19.1. The molecule has 1 saturated heterocycles. The van der Waals surface area contributed by atoms with E-state index in [2.05, 4.69) is 36.1 Å². The minimum atomic E-state index is -0.662. The van der Waals surface area contributed by atoms with E-state index >= 15 is 4.39 Å². The van der Waals surface area contributed by atoms with Gasteiger partial charge in [0.25, 0.3) is 11.8 Å². The van der Waals surface area contributed by atoms with Crippen LogP contribution in [0, 0.1) is 18.6 Å². The van der Waals surface area contributed by atoms with Gasteiger partial charge in [0.05, 0.1) is 5.56 Å². The zero-order valence-electron chi connectivity index (χ0n) is 25.6. The number of amides is 4. The summed E-state index contributed by atoms with van der Waals surface area (Å²) in [4.78, 5) is 60.5. The molecule has 4 amide bonds. The van der Waals surface area contributed by atoms with Crippen LogP contribution in [0.4, 0.5) is 20.2 Å². The van der Waals surface area contributed by atoms with E-state index in [-0.39, 0.29) is 35.3 Å². The van der Waals surface area contributed by atoms with E-state index in [1.807, 2.05) is 0 Å². The predicted molar refractivity (Wildman–Crippen MR) is 172 cm³/mol. The smallest absolute Gasteiger partial charge is 0.271 e. The van der Waals surface area contributed by atoms with Gasteiger partial charge in [-0.2, -0.15) is 0 Å². The zero-order valence-corrected chi connectivity index (χ0v) is 25.6. The Morgan fingerprint density at radius 1 is 0.894 bits per heavy atom. The summed E-state index contributed by atoms with van der Waals surface area (Å²) >= 11 is 0. The van der Waals surface area contributed by atoms with E-state index in [4.69, 9.17) is 0 Å². The van der Waals surface area contributed by atoms with Crippen molar-refractivity contribution < 1.29 is 28.0 Å². The fourth-order valence-electron chi connectivity index (χ4n) is 5.92. The van der Waals surface area contributed by atoms with Crippen LogP contribution in [0.15, 0.2) is 54.6 Å². The molecular formula is C34H33F2N7O4. The molecule has 0 radical (unpaired) electrons. The van der Waals surface area contributed by atoms with Gasteiger partial charge in [0.2, 0.25) is 11.8 Å². The average Bonchev–Trinajstić information content (AvgIpc) is 3.79. The lowest BCUT2D eigenvalue weighted by molar-refractivity contribution is -0.123. The van der Waals surface area contributed by atoms with Gasteiger partial charge in [0.1, 0.15) is 29.6 Å². The number of rotatable bonds is 10. The number of hydrogen-bond acceptors (Lipinski definition) is 6.